The van der Waals surface area contributed by atoms with Crippen molar-refractivity contribution in [2.45, 2.75) is 11.4 Å². The van der Waals surface area contributed by atoms with Crippen LogP contribution in [0.25, 0.3) is 10.8 Å². The number of hydrogen-bond acceptors (Lipinski definition) is 6. The van der Waals surface area contributed by atoms with E-state index in [1.54, 1.807) is 54.6 Å². The molecule has 0 radical (unpaired) electrons. The van der Waals surface area contributed by atoms with E-state index in [4.69, 9.17) is 9.84 Å². The number of carboxylic acids is 1. The Morgan fingerprint density at radius 2 is 1.67 bits per heavy atom. The molecular weight excluding hydrogens is 410 g/mol. The summed E-state index contributed by atoms with van der Waals surface area (Å²) in [5, 5.41) is 9.61. The second-order valence-corrected chi connectivity index (χ2v) is 8.42. The Balaban J connectivity index is 1.91. The van der Waals surface area contributed by atoms with E-state index in [2.05, 4.69) is 0 Å². The molecule has 1 aliphatic heterocycles. The van der Waals surface area contributed by atoms with Crippen molar-refractivity contribution >= 4 is 38.6 Å². The SMILES string of the molecule is O=C(O)COC(=O)c1cc2ccccc2c2c1S(=O)(=O)N(Cc1ccccc1)C2=O. The lowest BCUT2D eigenvalue weighted by Crippen LogP contribution is -2.29. The molecule has 9 heteroatoms. The van der Waals surface area contributed by atoms with Gasteiger partial charge in [0.15, 0.2) is 6.61 Å². The second kappa shape index (κ2) is 7.27. The quantitative estimate of drug-likeness (QED) is 0.624. The Hall–Kier alpha value is -3.72. The van der Waals surface area contributed by atoms with Crippen LogP contribution in [0.15, 0.2) is 65.6 Å². The van der Waals surface area contributed by atoms with Crippen LogP contribution < -0.4 is 0 Å². The Bertz CT molecular complexity index is 1300. The minimum Gasteiger partial charge on any atom is -0.479 e. The third-order valence-electron chi connectivity index (χ3n) is 4.71. The molecule has 1 heterocycles. The average Bonchev–Trinajstić information content (AvgIpc) is 2.93. The van der Waals surface area contributed by atoms with Gasteiger partial charge in [0.25, 0.3) is 15.9 Å². The number of hydrogen-bond donors (Lipinski definition) is 1. The highest BCUT2D eigenvalue weighted by Crippen LogP contribution is 2.39. The van der Waals surface area contributed by atoms with Crippen molar-refractivity contribution in [2.75, 3.05) is 6.61 Å². The molecule has 152 valence electrons. The highest BCUT2D eigenvalue weighted by molar-refractivity contribution is 7.90. The van der Waals surface area contributed by atoms with E-state index in [0.717, 1.165) is 0 Å². The normalized spacial score (nSPS) is 14.5. The van der Waals surface area contributed by atoms with Crippen molar-refractivity contribution < 1.29 is 32.6 Å². The monoisotopic (exact) mass is 425 g/mol. The minimum absolute atomic E-state index is 0.119. The molecule has 4 rings (SSSR count). The predicted molar refractivity (Wildman–Crippen MR) is 105 cm³/mol. The van der Waals surface area contributed by atoms with E-state index in [1.807, 2.05) is 0 Å². The molecule has 8 nitrogen and oxygen atoms in total. The van der Waals surface area contributed by atoms with E-state index in [0.29, 0.717) is 20.6 Å². The van der Waals surface area contributed by atoms with Gasteiger partial charge in [-0.25, -0.2) is 22.3 Å². The van der Waals surface area contributed by atoms with Crippen molar-refractivity contribution in [3.63, 3.8) is 0 Å². The molecule has 30 heavy (non-hydrogen) atoms. The van der Waals surface area contributed by atoms with Gasteiger partial charge in [0.05, 0.1) is 17.7 Å². The molecule has 0 unspecified atom stereocenters. The molecule has 0 bridgehead atoms. The van der Waals surface area contributed by atoms with E-state index in [-0.39, 0.29) is 17.7 Å². The molecule has 0 aromatic heterocycles. The van der Waals surface area contributed by atoms with E-state index >= 15 is 0 Å². The van der Waals surface area contributed by atoms with Crippen LogP contribution >= 0.6 is 0 Å². The number of carbonyl (C=O) groups is 3. The molecule has 3 aromatic carbocycles. The zero-order chi connectivity index (χ0) is 21.5. The molecule has 0 fully saturated rings. The summed E-state index contributed by atoms with van der Waals surface area (Å²) in [7, 11) is -4.36. The lowest BCUT2D eigenvalue weighted by molar-refractivity contribution is -0.140. The standard InChI is InChI=1S/C21H15NO7S/c23-17(24)12-29-21(26)16-10-14-8-4-5-9-15(14)18-19(16)30(27,28)22(20(18)25)11-13-6-2-1-3-7-13/h1-10H,11-12H2,(H,23,24). The summed E-state index contributed by atoms with van der Waals surface area (Å²) in [5.74, 6) is -3.26. The van der Waals surface area contributed by atoms with Crippen LogP contribution in [0.1, 0.15) is 26.3 Å². The summed E-state index contributed by atoms with van der Waals surface area (Å²) in [4.78, 5) is 36.0. The first-order chi connectivity index (χ1) is 14.3. The number of carbonyl (C=O) groups excluding carboxylic acids is 2. The van der Waals surface area contributed by atoms with E-state index in [9.17, 15) is 22.8 Å². The minimum atomic E-state index is -4.36. The van der Waals surface area contributed by atoms with Gasteiger partial charge in [-0.2, -0.15) is 0 Å². The first-order valence-corrected chi connectivity index (χ1v) is 10.3. The van der Waals surface area contributed by atoms with Gasteiger partial charge in [0, 0.05) is 0 Å². The van der Waals surface area contributed by atoms with Crippen LogP contribution in [-0.2, 0) is 26.1 Å². The summed E-state index contributed by atoms with van der Waals surface area (Å²) >= 11 is 0. The zero-order valence-corrected chi connectivity index (χ0v) is 16.3. The van der Waals surface area contributed by atoms with Gasteiger partial charge in [-0.3, -0.25) is 4.79 Å². The van der Waals surface area contributed by atoms with Crippen LogP contribution in [0.2, 0.25) is 0 Å². The van der Waals surface area contributed by atoms with Crippen LogP contribution in [0.3, 0.4) is 0 Å². The van der Waals surface area contributed by atoms with E-state index in [1.165, 1.54) is 6.07 Å². The van der Waals surface area contributed by atoms with Crippen LogP contribution in [0, 0.1) is 0 Å². The van der Waals surface area contributed by atoms with Crippen LogP contribution in [-0.4, -0.2) is 42.3 Å². The van der Waals surface area contributed by atoms with Gasteiger partial charge >= 0.3 is 11.9 Å². The fourth-order valence-electron chi connectivity index (χ4n) is 3.42. The Kier molecular flexibility index (Phi) is 4.75. The maximum Gasteiger partial charge on any atom is 0.341 e. The van der Waals surface area contributed by atoms with Gasteiger partial charge in [-0.1, -0.05) is 54.6 Å². The summed E-state index contributed by atoms with van der Waals surface area (Å²) in [6.45, 7) is -1.13. The first kappa shape index (κ1) is 19.6. The van der Waals surface area contributed by atoms with Crippen molar-refractivity contribution in [3.05, 3.63) is 77.4 Å². The Morgan fingerprint density at radius 3 is 2.37 bits per heavy atom. The number of ether oxygens (including phenoxy) is 1. The molecular formula is C21H15NO7S. The largest absolute Gasteiger partial charge is 0.479 e. The summed E-state index contributed by atoms with van der Waals surface area (Å²) in [6.07, 6.45) is 0. The highest BCUT2D eigenvalue weighted by Gasteiger charge is 2.45. The van der Waals surface area contributed by atoms with Gasteiger partial charge in [0.1, 0.15) is 4.90 Å². The van der Waals surface area contributed by atoms with Gasteiger partial charge in [-0.15, -0.1) is 0 Å². The van der Waals surface area contributed by atoms with Crippen LogP contribution in [0.5, 0.6) is 0 Å². The number of amides is 1. The topological polar surface area (TPSA) is 118 Å². The Morgan fingerprint density at radius 1 is 1.00 bits per heavy atom. The molecule has 3 aromatic rings. The predicted octanol–water partition coefficient (Wildman–Crippen LogP) is 2.43. The summed E-state index contributed by atoms with van der Waals surface area (Å²) in [6, 6.07) is 16.4. The van der Waals surface area contributed by atoms with Crippen molar-refractivity contribution in [2.24, 2.45) is 0 Å². The molecule has 0 aliphatic carbocycles. The van der Waals surface area contributed by atoms with Crippen molar-refractivity contribution in [3.8, 4) is 0 Å². The third kappa shape index (κ3) is 3.18. The van der Waals surface area contributed by atoms with Gasteiger partial charge < -0.3 is 9.84 Å². The fourth-order valence-corrected chi connectivity index (χ4v) is 5.14. The molecule has 0 spiro atoms. The van der Waals surface area contributed by atoms with Crippen molar-refractivity contribution in [1.29, 1.82) is 0 Å². The lowest BCUT2D eigenvalue weighted by Gasteiger charge is -2.15. The molecule has 0 saturated heterocycles. The average molecular weight is 425 g/mol. The molecule has 0 atom stereocenters. The van der Waals surface area contributed by atoms with Crippen molar-refractivity contribution in [1.82, 2.24) is 4.31 Å². The smallest absolute Gasteiger partial charge is 0.341 e. The first-order valence-electron chi connectivity index (χ1n) is 8.86. The van der Waals surface area contributed by atoms with Crippen LogP contribution in [0.4, 0.5) is 0 Å². The molecule has 0 saturated carbocycles. The third-order valence-corrected chi connectivity index (χ3v) is 6.52. The zero-order valence-electron chi connectivity index (χ0n) is 15.4. The summed E-state index contributed by atoms with van der Waals surface area (Å²) in [5.41, 5.74) is 0.113. The number of carboxylic acid groups (broad SMARTS) is 1. The number of esters is 1. The summed E-state index contributed by atoms with van der Waals surface area (Å²) < 4.78 is 32.0. The number of sulfonamides is 1. The Labute approximate surface area is 171 Å². The number of fused-ring (bicyclic) bond motifs is 3. The molecule has 1 amide bonds. The number of aliphatic carboxylic acids is 1. The van der Waals surface area contributed by atoms with Gasteiger partial charge in [0.2, 0.25) is 0 Å². The second-order valence-electron chi connectivity index (χ2n) is 6.62. The maximum atomic E-state index is 13.3. The lowest BCUT2D eigenvalue weighted by atomic mass is 10.00. The number of nitrogens with zero attached hydrogens (tertiary/aromatic N) is 1. The number of rotatable bonds is 5. The maximum absolute atomic E-state index is 13.3. The van der Waals surface area contributed by atoms with E-state index < -0.39 is 39.4 Å². The number of benzene rings is 3. The highest BCUT2D eigenvalue weighted by atomic mass is 32.2. The molecule has 1 aliphatic rings. The fraction of sp³-hybridized carbons (Fsp3) is 0.0952. The van der Waals surface area contributed by atoms with Gasteiger partial charge in [-0.05, 0) is 22.4 Å². The molecule has 1 N–H and O–H groups in total.